The maximum atomic E-state index is 14.7. The number of aliphatic hydroxyl groups is 1. The van der Waals surface area contributed by atoms with Crippen molar-refractivity contribution in [3.63, 3.8) is 0 Å². The minimum absolute atomic E-state index is 0.0936. The first-order valence-corrected chi connectivity index (χ1v) is 24.5. The smallest absolute Gasteiger partial charge is 0.338 e. The molecule has 1 aliphatic carbocycles. The molecule has 5 aliphatic heterocycles. The Bertz CT molecular complexity index is 2380. The molecule has 13 nitrogen and oxygen atoms in total. The van der Waals surface area contributed by atoms with Crippen LogP contribution in [0.5, 0.6) is 0 Å². The molecule has 0 saturated carbocycles. The van der Waals surface area contributed by atoms with Gasteiger partial charge in [0.15, 0.2) is 24.3 Å². The monoisotopic (exact) mass is 972 g/mol. The van der Waals surface area contributed by atoms with Crippen LogP contribution in [-0.4, -0.2) is 109 Å². The van der Waals surface area contributed by atoms with Gasteiger partial charge in [-0.1, -0.05) is 70.6 Å². The molecule has 1 N–H and O–H groups in total. The number of rotatable bonds is 9. The van der Waals surface area contributed by atoms with Crippen molar-refractivity contribution in [3.05, 3.63) is 131 Å². The zero-order valence-corrected chi connectivity index (χ0v) is 41.1. The molecular weight excluding hydrogens is 907 g/mol. The number of benzene rings is 2. The highest BCUT2D eigenvalue weighted by Gasteiger charge is 2.61. The summed E-state index contributed by atoms with van der Waals surface area (Å²) >= 11 is 0. The first-order valence-electron chi connectivity index (χ1n) is 24.5. The third-order valence-electron chi connectivity index (χ3n) is 14.8. The van der Waals surface area contributed by atoms with Crippen LogP contribution in [0.4, 0.5) is 8.78 Å². The minimum Gasteiger partial charge on any atom is -0.462 e. The number of carbonyl (C=O) groups excluding carboxylic acids is 3. The molecule has 70 heavy (non-hydrogen) atoms. The number of hydrogen-bond donors (Lipinski definition) is 1. The van der Waals surface area contributed by atoms with E-state index in [2.05, 4.69) is 32.9 Å². The van der Waals surface area contributed by atoms with Crippen molar-refractivity contribution in [2.24, 2.45) is 23.7 Å². The van der Waals surface area contributed by atoms with Crippen molar-refractivity contribution in [2.45, 2.75) is 153 Å². The van der Waals surface area contributed by atoms with Crippen molar-refractivity contribution in [1.29, 1.82) is 0 Å². The average molecular weight is 973 g/mol. The maximum absolute atomic E-state index is 14.7. The summed E-state index contributed by atoms with van der Waals surface area (Å²) in [6.07, 6.45) is 8.17. The van der Waals surface area contributed by atoms with Crippen LogP contribution in [0.2, 0.25) is 0 Å². The molecule has 2 aromatic carbocycles. The van der Waals surface area contributed by atoms with Gasteiger partial charge in [-0.3, -0.25) is 4.79 Å². The van der Waals surface area contributed by atoms with Crippen molar-refractivity contribution in [3.8, 4) is 0 Å². The van der Waals surface area contributed by atoms with Gasteiger partial charge in [0, 0.05) is 38.2 Å². The van der Waals surface area contributed by atoms with E-state index in [1.165, 1.54) is 43.5 Å². The SMILES string of the molecule is CC[C@H](C)[C@H]1O[C@]2(C=C[C@@H]1C)C[C@@H]1C[C@@H](C/C=C(\C)[C@@H](O[C@H]3C[C@H](OC)[C@@H](OC(=O)c4ccc(F)cc4)[C@H](C)O3)[C@@H](C)/C=C/C=C3\CO[C@@H]4[C@H](OC(=O)c5ccc(F)cc5)C(C)=C[C@@H](C(=O)O1)[C@]34O)O2. The fourth-order valence-electron chi connectivity index (χ4n) is 10.7. The van der Waals surface area contributed by atoms with Gasteiger partial charge in [-0.05, 0) is 104 Å². The predicted molar refractivity (Wildman–Crippen MR) is 252 cm³/mol. The van der Waals surface area contributed by atoms with Gasteiger partial charge in [-0.25, -0.2) is 18.4 Å². The summed E-state index contributed by atoms with van der Waals surface area (Å²) in [5, 5.41) is 13.0. The summed E-state index contributed by atoms with van der Waals surface area (Å²) < 4.78 is 85.0. The molecule has 2 bridgehead atoms. The van der Waals surface area contributed by atoms with Crippen molar-refractivity contribution >= 4 is 17.9 Å². The lowest BCUT2D eigenvalue weighted by atomic mass is 9.70. The molecule has 5 heterocycles. The van der Waals surface area contributed by atoms with Crippen LogP contribution in [-0.2, 0) is 47.4 Å². The number of esters is 3. The second-order valence-electron chi connectivity index (χ2n) is 19.8. The highest BCUT2D eigenvalue weighted by Crippen LogP contribution is 2.48. The highest BCUT2D eigenvalue weighted by molar-refractivity contribution is 5.90. The van der Waals surface area contributed by atoms with E-state index in [1.54, 1.807) is 32.1 Å². The summed E-state index contributed by atoms with van der Waals surface area (Å²) in [5.41, 5.74) is 0.00136. The van der Waals surface area contributed by atoms with Crippen LogP contribution < -0.4 is 0 Å². The Kier molecular flexibility index (Phi) is 15.8. The lowest BCUT2D eigenvalue weighted by molar-refractivity contribution is -0.300. The zero-order chi connectivity index (χ0) is 50.1. The van der Waals surface area contributed by atoms with Gasteiger partial charge in [0.25, 0.3) is 0 Å². The molecule has 1 spiro atoms. The molecule has 0 radical (unpaired) electrons. The molecule has 2 aromatic rings. The van der Waals surface area contributed by atoms with E-state index in [-0.39, 0.29) is 54.4 Å². The molecule has 0 amide bonds. The Morgan fingerprint density at radius 3 is 2.20 bits per heavy atom. The van der Waals surface area contributed by atoms with Crippen LogP contribution >= 0.6 is 0 Å². The molecule has 3 saturated heterocycles. The number of fused-ring (bicyclic) bond motifs is 2. The second kappa shape index (κ2) is 21.5. The van der Waals surface area contributed by atoms with E-state index >= 15 is 0 Å². The molecule has 0 unspecified atom stereocenters. The van der Waals surface area contributed by atoms with Gasteiger partial charge in [0.1, 0.15) is 41.5 Å². The quantitative estimate of drug-likeness (QED) is 0.145. The Morgan fingerprint density at radius 2 is 1.54 bits per heavy atom. The molecule has 0 aromatic heterocycles. The van der Waals surface area contributed by atoms with Crippen LogP contribution in [0.3, 0.4) is 0 Å². The van der Waals surface area contributed by atoms with Crippen LogP contribution in [0.1, 0.15) is 101 Å². The Hall–Kier alpha value is -4.87. The number of hydrogen-bond acceptors (Lipinski definition) is 13. The van der Waals surface area contributed by atoms with Crippen LogP contribution in [0, 0.1) is 35.3 Å². The lowest BCUT2D eigenvalue weighted by Gasteiger charge is -2.48. The molecule has 6 aliphatic rings. The Morgan fingerprint density at radius 1 is 0.871 bits per heavy atom. The third-order valence-corrected chi connectivity index (χ3v) is 14.8. The highest BCUT2D eigenvalue weighted by atomic mass is 19.1. The number of methoxy groups -OCH3 is 1. The molecule has 378 valence electrons. The van der Waals surface area contributed by atoms with Gasteiger partial charge in [-0.2, -0.15) is 0 Å². The van der Waals surface area contributed by atoms with Gasteiger partial charge >= 0.3 is 17.9 Å². The first kappa shape index (κ1) is 51.5. The predicted octanol–water partition coefficient (Wildman–Crippen LogP) is 8.85. The maximum Gasteiger partial charge on any atom is 0.338 e. The van der Waals surface area contributed by atoms with Gasteiger partial charge in [0.05, 0.1) is 42.1 Å². The average Bonchev–Trinajstić information content (AvgIpc) is 3.67. The Balaban J connectivity index is 1.12. The zero-order valence-electron chi connectivity index (χ0n) is 41.1. The fraction of sp³-hybridized carbons (Fsp3) is 0.545. The van der Waals surface area contributed by atoms with Crippen molar-refractivity contribution in [2.75, 3.05) is 13.7 Å². The van der Waals surface area contributed by atoms with E-state index in [0.717, 1.165) is 24.1 Å². The second-order valence-corrected chi connectivity index (χ2v) is 19.8. The van der Waals surface area contributed by atoms with Crippen LogP contribution in [0.25, 0.3) is 0 Å². The lowest BCUT2D eigenvalue weighted by Crippen LogP contribution is -2.59. The minimum atomic E-state index is -2.01. The van der Waals surface area contributed by atoms with Crippen molar-refractivity contribution < 1.29 is 70.9 Å². The fourth-order valence-corrected chi connectivity index (χ4v) is 10.7. The summed E-state index contributed by atoms with van der Waals surface area (Å²) in [5.74, 6) is -5.49. The molecular formula is C55H66F2O13. The number of allylic oxidation sites excluding steroid dienone is 2. The Labute approximate surface area is 408 Å². The van der Waals surface area contributed by atoms with Gasteiger partial charge < -0.3 is 47.7 Å². The number of ether oxygens (including phenoxy) is 9. The van der Waals surface area contributed by atoms with E-state index in [9.17, 15) is 28.3 Å². The summed E-state index contributed by atoms with van der Waals surface area (Å²) in [4.78, 5) is 41.3. The molecule has 16 atom stereocenters. The molecule has 3 fully saturated rings. The summed E-state index contributed by atoms with van der Waals surface area (Å²) in [7, 11) is 1.53. The standard InChI is InChI=1S/C55H66F2O13/c1-9-30(2)47-33(5)23-24-54(70-47)28-42-26-41(69-54)22-13-32(4)46(66-45-27-44(62-8)49(35(7)64-45)68-52(59)37-16-20-40(57)21-17-37)31(3)11-10-12-38-29-63-50-48(67-51(58)36-14-18-39(56)19-15-36)34(6)25-43(53(60)65-42)55(38,50)61/h10-21,23-25,30-31,33,35,41-50,61H,9,22,26-29H2,1-8H3/b11-10+,32-13+,38-12+/t30-,31-,33-,35-,41+,42-,43-,44-,45-,46-,47+,48+,49-,50+,54+,55+/m0/s1. The third kappa shape index (κ3) is 10.8. The molecule has 15 heteroatoms. The van der Waals surface area contributed by atoms with Crippen molar-refractivity contribution in [1.82, 2.24) is 0 Å². The molecule has 8 rings (SSSR count). The normalized spacial score (nSPS) is 39.0. The van der Waals surface area contributed by atoms with Crippen LogP contribution in [0.15, 0.2) is 108 Å². The van der Waals surface area contributed by atoms with E-state index < -0.39 is 102 Å². The summed E-state index contributed by atoms with van der Waals surface area (Å²) in [6, 6.07) is 10.1. The number of halogens is 2. The van der Waals surface area contributed by atoms with Gasteiger partial charge in [-0.15, -0.1) is 0 Å². The first-order chi connectivity index (χ1) is 33.4. The van der Waals surface area contributed by atoms with E-state index in [0.29, 0.717) is 24.0 Å². The van der Waals surface area contributed by atoms with Gasteiger partial charge in [0.2, 0.25) is 0 Å². The largest absolute Gasteiger partial charge is 0.462 e. The topological polar surface area (TPSA) is 155 Å². The van der Waals surface area contributed by atoms with E-state index in [4.69, 9.17) is 42.6 Å². The van der Waals surface area contributed by atoms with E-state index in [1.807, 2.05) is 26.0 Å². The summed E-state index contributed by atoms with van der Waals surface area (Å²) in [6.45, 7) is 13.7. The number of carbonyl (C=O) groups is 3.